The third-order valence-corrected chi connectivity index (χ3v) is 4.40. The molecule has 0 aliphatic rings. The van der Waals surface area contributed by atoms with Crippen molar-refractivity contribution >= 4 is 15.7 Å². The summed E-state index contributed by atoms with van der Waals surface area (Å²) in [5, 5.41) is 7.19. The molecule has 0 amide bonds. The van der Waals surface area contributed by atoms with Gasteiger partial charge in [0.1, 0.15) is 0 Å². The molecular formula is C14H20N4O2S. The lowest BCUT2D eigenvalue weighted by Crippen LogP contribution is -2.24. The molecule has 2 N–H and O–H groups in total. The van der Waals surface area contributed by atoms with E-state index in [1.54, 1.807) is 30.1 Å². The summed E-state index contributed by atoms with van der Waals surface area (Å²) in [6.45, 7) is 4.54. The van der Waals surface area contributed by atoms with Crippen molar-refractivity contribution in [2.45, 2.75) is 31.3 Å². The molecule has 7 heteroatoms. The largest absolute Gasteiger partial charge is 0.310 e. The maximum absolute atomic E-state index is 12.5. The Balaban J connectivity index is 2.27. The van der Waals surface area contributed by atoms with Gasteiger partial charge in [0.25, 0.3) is 10.0 Å². The van der Waals surface area contributed by atoms with E-state index in [4.69, 9.17) is 0 Å². The highest BCUT2D eigenvalue weighted by Gasteiger charge is 2.18. The number of nitrogens with zero attached hydrogens (tertiary/aromatic N) is 2. The van der Waals surface area contributed by atoms with Gasteiger partial charge in [0.05, 0.1) is 16.8 Å². The lowest BCUT2D eigenvalue weighted by Gasteiger charge is -2.13. The maximum Gasteiger partial charge on any atom is 0.262 e. The fraction of sp³-hybridized carbons (Fsp3) is 0.357. The number of benzene rings is 1. The van der Waals surface area contributed by atoms with E-state index in [9.17, 15) is 8.42 Å². The minimum atomic E-state index is -3.62. The van der Waals surface area contributed by atoms with Crippen LogP contribution in [0.1, 0.15) is 19.4 Å². The molecular weight excluding hydrogens is 288 g/mol. The zero-order valence-corrected chi connectivity index (χ0v) is 13.2. The van der Waals surface area contributed by atoms with Crippen LogP contribution in [0.3, 0.4) is 0 Å². The molecule has 1 aromatic carbocycles. The molecule has 6 nitrogen and oxygen atoms in total. The van der Waals surface area contributed by atoms with Gasteiger partial charge in [-0.25, -0.2) is 8.42 Å². The number of hydrogen-bond acceptors (Lipinski definition) is 4. The molecule has 0 saturated carbocycles. The predicted octanol–water partition coefficient (Wildman–Crippen LogP) is 1.72. The molecule has 0 aliphatic heterocycles. The average molecular weight is 308 g/mol. The zero-order chi connectivity index (χ0) is 15.5. The van der Waals surface area contributed by atoms with Crippen LogP contribution >= 0.6 is 0 Å². The predicted molar refractivity (Wildman–Crippen MR) is 82.4 cm³/mol. The van der Waals surface area contributed by atoms with Crippen molar-refractivity contribution in [3.05, 3.63) is 42.2 Å². The van der Waals surface area contributed by atoms with Crippen LogP contribution < -0.4 is 10.0 Å². The molecule has 21 heavy (non-hydrogen) atoms. The van der Waals surface area contributed by atoms with Crippen LogP contribution in [-0.4, -0.2) is 24.2 Å². The second-order valence-corrected chi connectivity index (χ2v) is 6.80. The molecule has 114 valence electrons. The maximum atomic E-state index is 12.5. The van der Waals surface area contributed by atoms with Gasteiger partial charge in [0, 0.05) is 25.8 Å². The number of rotatable bonds is 6. The monoisotopic (exact) mass is 308 g/mol. The fourth-order valence-electron chi connectivity index (χ4n) is 1.91. The number of aryl methyl sites for hydroxylation is 1. The van der Waals surface area contributed by atoms with Crippen molar-refractivity contribution < 1.29 is 8.42 Å². The van der Waals surface area contributed by atoms with Crippen LogP contribution in [0.2, 0.25) is 0 Å². The van der Waals surface area contributed by atoms with E-state index in [1.807, 2.05) is 26.0 Å². The van der Waals surface area contributed by atoms with Crippen molar-refractivity contribution in [1.29, 1.82) is 0 Å². The number of hydrogen-bond donors (Lipinski definition) is 2. The zero-order valence-electron chi connectivity index (χ0n) is 12.4. The lowest BCUT2D eigenvalue weighted by molar-refractivity contribution is 0.576. The Hall–Kier alpha value is -1.86. The quantitative estimate of drug-likeness (QED) is 0.852. The summed E-state index contributed by atoms with van der Waals surface area (Å²) in [4.78, 5) is 0.280. The van der Waals surface area contributed by atoms with Gasteiger partial charge in [0.15, 0.2) is 0 Å². The average Bonchev–Trinajstić information content (AvgIpc) is 2.81. The smallest absolute Gasteiger partial charge is 0.262 e. The van der Waals surface area contributed by atoms with Crippen LogP contribution in [0.25, 0.3) is 0 Å². The van der Waals surface area contributed by atoms with Crippen molar-refractivity contribution in [3.63, 3.8) is 0 Å². The summed E-state index contributed by atoms with van der Waals surface area (Å²) in [5.41, 5.74) is 1.19. The molecule has 0 aliphatic carbocycles. The highest BCUT2D eigenvalue weighted by Crippen LogP contribution is 2.19. The molecule has 0 fully saturated rings. The minimum absolute atomic E-state index is 0.280. The fourth-order valence-corrected chi connectivity index (χ4v) is 3.18. The van der Waals surface area contributed by atoms with E-state index in [2.05, 4.69) is 15.1 Å². The summed E-state index contributed by atoms with van der Waals surface area (Å²) in [7, 11) is -1.89. The van der Waals surface area contributed by atoms with Crippen molar-refractivity contribution in [2.24, 2.45) is 7.05 Å². The van der Waals surface area contributed by atoms with Crippen molar-refractivity contribution in [2.75, 3.05) is 4.72 Å². The highest BCUT2D eigenvalue weighted by atomic mass is 32.2. The first-order valence-corrected chi connectivity index (χ1v) is 8.19. The Morgan fingerprint density at radius 2 is 2.00 bits per heavy atom. The topological polar surface area (TPSA) is 76.0 Å². The number of aromatic nitrogens is 2. The van der Waals surface area contributed by atoms with E-state index in [1.165, 1.54) is 6.20 Å². The molecule has 2 aromatic rings. The van der Waals surface area contributed by atoms with Gasteiger partial charge < -0.3 is 5.32 Å². The van der Waals surface area contributed by atoms with Crippen LogP contribution in [-0.2, 0) is 23.6 Å². The molecule has 1 heterocycles. The SMILES string of the molecule is CC(C)NCc1ccccc1S(=O)(=O)Nc1cnn(C)c1. The van der Waals surface area contributed by atoms with Gasteiger partial charge in [-0.1, -0.05) is 32.0 Å². The third-order valence-electron chi connectivity index (χ3n) is 2.92. The summed E-state index contributed by atoms with van der Waals surface area (Å²) >= 11 is 0. The van der Waals surface area contributed by atoms with E-state index >= 15 is 0 Å². The summed E-state index contributed by atoms with van der Waals surface area (Å²) < 4.78 is 29.1. The van der Waals surface area contributed by atoms with Gasteiger partial charge in [-0.3, -0.25) is 9.40 Å². The molecule has 0 atom stereocenters. The molecule has 2 rings (SSSR count). The third kappa shape index (κ3) is 4.05. The minimum Gasteiger partial charge on any atom is -0.310 e. The Kier molecular flexibility index (Phi) is 4.64. The van der Waals surface area contributed by atoms with Gasteiger partial charge in [-0.2, -0.15) is 5.10 Å². The van der Waals surface area contributed by atoms with Crippen molar-refractivity contribution in [1.82, 2.24) is 15.1 Å². The van der Waals surface area contributed by atoms with Gasteiger partial charge >= 0.3 is 0 Å². The van der Waals surface area contributed by atoms with E-state index in [-0.39, 0.29) is 10.9 Å². The molecule has 0 spiro atoms. The van der Waals surface area contributed by atoms with Gasteiger partial charge in [-0.05, 0) is 11.6 Å². The van der Waals surface area contributed by atoms with E-state index < -0.39 is 10.0 Å². The van der Waals surface area contributed by atoms with Gasteiger partial charge in [-0.15, -0.1) is 0 Å². The van der Waals surface area contributed by atoms with Crippen LogP contribution in [0.15, 0.2) is 41.6 Å². The molecule has 0 unspecified atom stereocenters. The number of anilines is 1. The lowest BCUT2D eigenvalue weighted by atomic mass is 10.2. The van der Waals surface area contributed by atoms with Crippen LogP contribution in [0.5, 0.6) is 0 Å². The Morgan fingerprint density at radius 3 is 2.62 bits per heavy atom. The molecule has 0 radical (unpaired) electrons. The molecule has 1 aromatic heterocycles. The first-order valence-electron chi connectivity index (χ1n) is 6.71. The summed E-state index contributed by atoms with van der Waals surface area (Å²) in [6.07, 6.45) is 3.10. The number of nitrogens with one attached hydrogen (secondary N) is 2. The van der Waals surface area contributed by atoms with Crippen molar-refractivity contribution in [3.8, 4) is 0 Å². The number of sulfonamides is 1. The van der Waals surface area contributed by atoms with Crippen LogP contribution in [0.4, 0.5) is 5.69 Å². The van der Waals surface area contributed by atoms with E-state index in [0.29, 0.717) is 12.2 Å². The second-order valence-electron chi connectivity index (χ2n) is 5.15. The standard InChI is InChI=1S/C14H20N4O2S/c1-11(2)15-8-12-6-4-5-7-14(12)21(19,20)17-13-9-16-18(3)10-13/h4-7,9-11,15,17H,8H2,1-3H3. The summed E-state index contributed by atoms with van der Waals surface area (Å²) in [6, 6.07) is 7.26. The normalized spacial score (nSPS) is 11.8. The van der Waals surface area contributed by atoms with E-state index in [0.717, 1.165) is 5.56 Å². The first-order chi connectivity index (χ1) is 9.88. The highest BCUT2D eigenvalue weighted by molar-refractivity contribution is 7.92. The second kappa shape index (κ2) is 6.28. The van der Waals surface area contributed by atoms with Crippen LogP contribution in [0, 0.1) is 0 Å². The summed E-state index contributed by atoms with van der Waals surface area (Å²) in [5.74, 6) is 0. The Morgan fingerprint density at radius 1 is 1.29 bits per heavy atom. The van der Waals surface area contributed by atoms with Gasteiger partial charge in [0.2, 0.25) is 0 Å². The molecule has 0 bridgehead atoms. The molecule has 0 saturated heterocycles. The Bertz CT molecular complexity index is 707. The first kappa shape index (κ1) is 15.5. The Labute approximate surface area is 125 Å².